The third kappa shape index (κ3) is 8.33. The van der Waals surface area contributed by atoms with E-state index in [1.54, 1.807) is 24.4 Å². The normalized spacial score (nSPS) is 13.4. The number of aromatic nitrogens is 2. The number of benzene rings is 3. The minimum Gasteiger partial charge on any atom is -0.488 e. The van der Waals surface area contributed by atoms with E-state index >= 15 is 0 Å². The summed E-state index contributed by atoms with van der Waals surface area (Å²) in [5.74, 6) is 0.635. The van der Waals surface area contributed by atoms with Crippen molar-refractivity contribution in [1.29, 1.82) is 5.26 Å². The van der Waals surface area contributed by atoms with Gasteiger partial charge in [0.25, 0.3) is 0 Å². The van der Waals surface area contributed by atoms with E-state index in [4.69, 9.17) is 26.1 Å². The first-order valence-corrected chi connectivity index (χ1v) is 17.7. The summed E-state index contributed by atoms with van der Waals surface area (Å²) < 4.78 is 12.5. The molecular formula is C42H40ClN5O5. The number of aliphatic hydroxyl groups is 1. The van der Waals surface area contributed by atoms with Crippen LogP contribution in [0.5, 0.6) is 11.5 Å². The smallest absolute Gasteiger partial charge is 0.311 e. The van der Waals surface area contributed by atoms with Gasteiger partial charge in [-0.2, -0.15) is 5.26 Å². The Bertz CT molecular complexity index is 2220. The molecule has 0 fully saturated rings. The first-order valence-electron chi connectivity index (χ1n) is 17.3. The van der Waals surface area contributed by atoms with E-state index in [1.807, 2.05) is 30.5 Å². The zero-order valence-corrected chi connectivity index (χ0v) is 30.6. The molecule has 53 heavy (non-hydrogen) atoms. The number of aryl methyl sites for hydroxylation is 1. The van der Waals surface area contributed by atoms with Crippen LogP contribution < -0.4 is 14.8 Å². The fourth-order valence-corrected chi connectivity index (χ4v) is 6.49. The molecule has 11 heteroatoms. The van der Waals surface area contributed by atoms with Crippen molar-refractivity contribution < 1.29 is 24.5 Å². The molecule has 3 N–H and O–H groups in total. The average molecular weight is 730 g/mol. The van der Waals surface area contributed by atoms with Gasteiger partial charge < -0.3 is 25.0 Å². The Morgan fingerprint density at radius 2 is 1.70 bits per heavy atom. The van der Waals surface area contributed by atoms with Crippen molar-refractivity contribution in [2.75, 3.05) is 19.7 Å². The van der Waals surface area contributed by atoms with Crippen molar-refractivity contribution in [3.05, 3.63) is 129 Å². The van der Waals surface area contributed by atoms with E-state index in [2.05, 4.69) is 59.5 Å². The number of aliphatic imine (C=N–C) groups is 1. The number of nitrogens with one attached hydrogen (secondary N) is 1. The molecule has 0 amide bonds. The number of amidine groups is 1. The predicted molar refractivity (Wildman–Crippen MR) is 204 cm³/mol. The zero-order chi connectivity index (χ0) is 37.5. The van der Waals surface area contributed by atoms with Gasteiger partial charge in [-0.05, 0) is 91.3 Å². The third-order valence-electron chi connectivity index (χ3n) is 9.68. The summed E-state index contributed by atoms with van der Waals surface area (Å²) in [6.45, 7) is 7.13. The molecule has 0 saturated carbocycles. The van der Waals surface area contributed by atoms with Gasteiger partial charge in [0.2, 0.25) is 0 Å². The van der Waals surface area contributed by atoms with Crippen LogP contribution in [0.2, 0.25) is 5.02 Å². The van der Waals surface area contributed by atoms with Gasteiger partial charge >= 0.3 is 5.97 Å². The van der Waals surface area contributed by atoms with E-state index in [1.165, 1.54) is 13.1 Å². The molecule has 5 aromatic rings. The van der Waals surface area contributed by atoms with Crippen molar-refractivity contribution in [3.63, 3.8) is 0 Å². The second-order valence-electron chi connectivity index (χ2n) is 13.3. The van der Waals surface area contributed by atoms with Gasteiger partial charge in [-0.1, -0.05) is 48.0 Å². The quantitative estimate of drug-likeness (QED) is 0.106. The Morgan fingerprint density at radius 1 is 0.943 bits per heavy atom. The molecule has 6 rings (SSSR count). The van der Waals surface area contributed by atoms with Crippen LogP contribution in [0.15, 0.2) is 90.3 Å². The molecule has 0 saturated heterocycles. The van der Waals surface area contributed by atoms with Crippen LogP contribution in [0, 0.1) is 30.6 Å². The number of aliphatic carboxylic acids is 1. The highest BCUT2D eigenvalue weighted by Crippen LogP contribution is 2.38. The van der Waals surface area contributed by atoms with Gasteiger partial charge in [0.05, 0.1) is 34.8 Å². The molecule has 0 spiro atoms. The van der Waals surface area contributed by atoms with E-state index < -0.39 is 18.0 Å². The number of pyridine rings is 2. The van der Waals surface area contributed by atoms with E-state index in [0.717, 1.165) is 63.6 Å². The van der Waals surface area contributed by atoms with Crippen molar-refractivity contribution in [3.8, 4) is 40.0 Å². The summed E-state index contributed by atoms with van der Waals surface area (Å²) in [6, 6.07) is 23.7. The highest BCUT2D eigenvalue weighted by molar-refractivity contribution is 6.32. The molecule has 0 aliphatic carbocycles. The minimum absolute atomic E-state index is 0.110. The van der Waals surface area contributed by atoms with E-state index in [0.29, 0.717) is 33.2 Å². The summed E-state index contributed by atoms with van der Waals surface area (Å²) >= 11 is 6.77. The highest BCUT2D eigenvalue weighted by Gasteiger charge is 2.32. The number of carboxylic acids is 1. The summed E-state index contributed by atoms with van der Waals surface area (Å²) in [7, 11) is 0. The van der Waals surface area contributed by atoms with Crippen molar-refractivity contribution in [2.24, 2.45) is 10.4 Å². The number of halogens is 1. The predicted octanol–water partition coefficient (Wildman–Crippen LogP) is 7.48. The topological polar surface area (TPSA) is 150 Å². The summed E-state index contributed by atoms with van der Waals surface area (Å²) in [5.41, 5.74) is 8.65. The average Bonchev–Trinajstić information content (AvgIpc) is 3.72. The molecule has 3 heterocycles. The second-order valence-corrected chi connectivity index (χ2v) is 13.7. The number of rotatable bonds is 14. The Labute approximate surface area is 313 Å². The van der Waals surface area contributed by atoms with Gasteiger partial charge in [-0.25, -0.2) is 0 Å². The lowest BCUT2D eigenvalue weighted by Crippen LogP contribution is -2.32. The number of nitrogens with zero attached hydrogens (tertiary/aromatic N) is 4. The first-order chi connectivity index (χ1) is 25.6. The number of ether oxygens (including phenoxy) is 2. The largest absolute Gasteiger partial charge is 0.488 e. The number of hydrogen-bond acceptors (Lipinski definition) is 9. The maximum absolute atomic E-state index is 11.9. The highest BCUT2D eigenvalue weighted by atomic mass is 35.5. The summed E-state index contributed by atoms with van der Waals surface area (Å²) in [4.78, 5) is 25.3. The third-order valence-corrected chi connectivity index (χ3v) is 9.98. The Morgan fingerprint density at radius 3 is 2.40 bits per heavy atom. The maximum Gasteiger partial charge on any atom is 0.311 e. The Balaban J connectivity index is 1.24. The standard InChI is InChI=1S/C42H40ClN5O5/c1-26-32(6-4-7-33(26)34-8-5-9-35(27(34)2)37-11-10-31(22-48-37)40-46-14-15-47-40)24-53-39-18-38(52-23-29-16-28(19-44)20-45-21-29)30(17-36(39)43)12-13-42(3,25-49)41(50)51/h4-11,16-18,20-22,49H,12-15,23-25H2,1-3H3,(H,46,47)(H,50,51)/t42-/m0/s1. The molecule has 0 unspecified atom stereocenters. The molecule has 0 bridgehead atoms. The zero-order valence-electron chi connectivity index (χ0n) is 29.8. The lowest BCUT2D eigenvalue weighted by Gasteiger charge is -2.23. The summed E-state index contributed by atoms with van der Waals surface area (Å²) in [5, 5.41) is 32.5. The SMILES string of the molecule is Cc1c(COc2cc(OCc3cncc(C#N)c3)c(CC[C@@](C)(CO)C(=O)O)cc2Cl)cccc1-c1cccc(-c2ccc(C3=NCCN3)cn2)c1C. The molecule has 270 valence electrons. The maximum atomic E-state index is 11.9. The van der Waals surface area contributed by atoms with Crippen LogP contribution in [0.25, 0.3) is 22.4 Å². The monoisotopic (exact) mass is 729 g/mol. The van der Waals surface area contributed by atoms with Crippen LogP contribution in [0.3, 0.4) is 0 Å². The van der Waals surface area contributed by atoms with Crippen LogP contribution in [-0.4, -0.2) is 51.7 Å². The summed E-state index contributed by atoms with van der Waals surface area (Å²) in [6.07, 6.45) is 5.38. The molecule has 1 aliphatic heterocycles. The molecule has 10 nitrogen and oxygen atoms in total. The molecule has 2 aromatic heterocycles. The molecule has 0 radical (unpaired) electrons. The molecule has 1 atom stereocenters. The fraction of sp³-hybridized carbons (Fsp3) is 0.262. The minimum atomic E-state index is -1.34. The lowest BCUT2D eigenvalue weighted by molar-refractivity contribution is -0.150. The lowest BCUT2D eigenvalue weighted by atomic mass is 9.85. The van der Waals surface area contributed by atoms with Crippen molar-refractivity contribution in [2.45, 2.75) is 46.8 Å². The number of hydrogen-bond donors (Lipinski definition) is 3. The Kier molecular flexibility index (Phi) is 11.4. The van der Waals surface area contributed by atoms with E-state index in [9.17, 15) is 20.3 Å². The van der Waals surface area contributed by atoms with Crippen LogP contribution in [0.1, 0.15) is 52.3 Å². The number of carbonyl (C=O) groups is 1. The van der Waals surface area contributed by atoms with Crippen molar-refractivity contribution >= 4 is 23.4 Å². The molecular weight excluding hydrogens is 690 g/mol. The van der Waals surface area contributed by atoms with Gasteiger partial charge in [0.15, 0.2) is 0 Å². The van der Waals surface area contributed by atoms with Crippen LogP contribution in [-0.2, 0) is 24.4 Å². The fourth-order valence-electron chi connectivity index (χ4n) is 6.25. The van der Waals surface area contributed by atoms with E-state index in [-0.39, 0.29) is 26.1 Å². The first kappa shape index (κ1) is 37.0. The van der Waals surface area contributed by atoms with Gasteiger partial charge in [0, 0.05) is 47.9 Å². The van der Waals surface area contributed by atoms with Gasteiger partial charge in [-0.3, -0.25) is 19.8 Å². The molecule has 1 aliphatic rings. The Hall–Kier alpha value is -5.76. The number of nitriles is 1. The van der Waals surface area contributed by atoms with Crippen LogP contribution in [0.4, 0.5) is 0 Å². The van der Waals surface area contributed by atoms with Crippen LogP contribution >= 0.6 is 11.6 Å². The van der Waals surface area contributed by atoms with Gasteiger partial charge in [-0.15, -0.1) is 0 Å². The number of aliphatic hydroxyl groups excluding tert-OH is 1. The van der Waals surface area contributed by atoms with Crippen molar-refractivity contribution in [1.82, 2.24) is 15.3 Å². The number of carboxylic acid groups (broad SMARTS) is 1. The molecule has 3 aromatic carbocycles. The van der Waals surface area contributed by atoms with Gasteiger partial charge in [0.1, 0.15) is 36.6 Å². The second kappa shape index (κ2) is 16.3.